The van der Waals surface area contributed by atoms with E-state index < -0.39 is 16.0 Å². The van der Waals surface area contributed by atoms with Crippen LogP contribution >= 0.6 is 11.3 Å². The van der Waals surface area contributed by atoms with Gasteiger partial charge in [-0.1, -0.05) is 11.3 Å². The highest BCUT2D eigenvalue weighted by atomic mass is 32.2. The number of hydrogen-bond acceptors (Lipinski definition) is 7. The highest BCUT2D eigenvalue weighted by Gasteiger charge is 2.17. The Morgan fingerprint density at radius 1 is 1.07 bits per heavy atom. The number of sulfonamides is 1. The lowest BCUT2D eigenvalue weighted by Crippen LogP contribution is -2.23. The van der Waals surface area contributed by atoms with E-state index >= 15 is 0 Å². The van der Waals surface area contributed by atoms with Crippen molar-refractivity contribution in [1.29, 1.82) is 0 Å². The lowest BCUT2D eigenvalue weighted by Gasteiger charge is -2.06. The van der Waals surface area contributed by atoms with Crippen molar-refractivity contribution in [3.63, 3.8) is 0 Å². The van der Waals surface area contributed by atoms with Crippen LogP contribution in [0.15, 0.2) is 51.8 Å². The van der Waals surface area contributed by atoms with Crippen molar-refractivity contribution in [2.45, 2.75) is 18.4 Å². The third kappa shape index (κ3) is 4.60. The van der Waals surface area contributed by atoms with Crippen LogP contribution in [0.1, 0.15) is 6.92 Å². The fourth-order valence-corrected chi connectivity index (χ4v) is 4.90. The lowest BCUT2D eigenvalue weighted by atomic mass is 10.3. The first-order chi connectivity index (χ1) is 13.9. The Hall–Kier alpha value is -2.85. The first-order valence-electron chi connectivity index (χ1n) is 8.66. The van der Waals surface area contributed by atoms with Gasteiger partial charge in [0.05, 0.1) is 35.9 Å². The van der Waals surface area contributed by atoms with Crippen LogP contribution < -0.4 is 14.3 Å². The first-order valence-corrected chi connectivity index (χ1v) is 10.9. The molecular weight excluding hydrogens is 416 g/mol. The van der Waals surface area contributed by atoms with E-state index in [4.69, 9.17) is 14.2 Å². The van der Waals surface area contributed by atoms with Crippen molar-refractivity contribution in [1.82, 2.24) is 4.57 Å². The smallest absolute Gasteiger partial charge is 0.326 e. The number of rotatable bonds is 7. The maximum atomic E-state index is 12.8. The molecule has 2 aromatic carbocycles. The average Bonchev–Trinajstić information content (AvgIpc) is 3.03. The number of benzene rings is 2. The Kier molecular flexibility index (Phi) is 6.23. The van der Waals surface area contributed by atoms with Crippen LogP contribution in [0, 0.1) is 0 Å². The second-order valence-electron chi connectivity index (χ2n) is 5.85. The molecule has 8 nitrogen and oxygen atoms in total. The highest BCUT2D eigenvalue weighted by molar-refractivity contribution is 7.90. The van der Waals surface area contributed by atoms with Gasteiger partial charge in [-0.3, -0.25) is 4.79 Å². The molecule has 1 aromatic heterocycles. The molecular formula is C19H20N2O6S2. The second kappa shape index (κ2) is 8.66. The van der Waals surface area contributed by atoms with Crippen molar-refractivity contribution in [3.05, 3.63) is 47.3 Å². The molecule has 3 aromatic rings. The van der Waals surface area contributed by atoms with E-state index in [9.17, 15) is 13.2 Å². The minimum absolute atomic E-state index is 0.0241. The summed E-state index contributed by atoms with van der Waals surface area (Å²) in [5.74, 6) is 0.674. The number of hydrogen-bond donors (Lipinski definition) is 0. The molecule has 0 spiro atoms. The Bertz CT molecular complexity index is 1190. The number of fused-ring (bicyclic) bond motifs is 1. The molecule has 154 valence electrons. The van der Waals surface area contributed by atoms with Gasteiger partial charge in [-0.15, -0.1) is 4.40 Å². The number of ether oxygens (including phenoxy) is 3. The fourth-order valence-electron chi connectivity index (χ4n) is 2.64. The van der Waals surface area contributed by atoms with Crippen molar-refractivity contribution < 1.29 is 27.4 Å². The van der Waals surface area contributed by atoms with Gasteiger partial charge in [-0.05, 0) is 49.4 Å². The van der Waals surface area contributed by atoms with Crippen molar-refractivity contribution in [3.8, 4) is 11.5 Å². The van der Waals surface area contributed by atoms with Crippen LogP contribution in [0.2, 0.25) is 0 Å². The number of carbonyl (C=O) groups excluding carboxylic acids is 1. The van der Waals surface area contributed by atoms with Crippen LogP contribution in [0.4, 0.5) is 0 Å². The molecule has 1 heterocycles. The molecule has 0 amide bonds. The molecule has 0 aliphatic carbocycles. The van der Waals surface area contributed by atoms with Crippen LogP contribution in [0.5, 0.6) is 11.5 Å². The Morgan fingerprint density at radius 3 is 2.34 bits per heavy atom. The van der Waals surface area contributed by atoms with Crippen LogP contribution in [0.3, 0.4) is 0 Å². The zero-order valence-corrected chi connectivity index (χ0v) is 17.7. The normalized spacial score (nSPS) is 12.2. The molecule has 0 bridgehead atoms. The summed E-state index contributed by atoms with van der Waals surface area (Å²) < 4.78 is 47.2. The van der Waals surface area contributed by atoms with Crippen molar-refractivity contribution in [2.75, 3.05) is 20.8 Å². The summed E-state index contributed by atoms with van der Waals surface area (Å²) in [7, 11) is -0.956. The number of nitrogens with zero attached hydrogens (tertiary/aromatic N) is 2. The van der Waals surface area contributed by atoms with Gasteiger partial charge in [0.1, 0.15) is 18.0 Å². The quantitative estimate of drug-likeness (QED) is 0.528. The number of aromatic nitrogens is 1. The predicted octanol–water partition coefficient (Wildman–Crippen LogP) is 2.57. The second-order valence-corrected chi connectivity index (χ2v) is 8.46. The minimum Gasteiger partial charge on any atom is -0.497 e. The molecule has 0 fully saturated rings. The van der Waals surface area contributed by atoms with Crippen molar-refractivity contribution in [2.24, 2.45) is 4.40 Å². The third-order valence-corrected chi connectivity index (χ3v) is 6.48. The molecule has 3 rings (SSSR count). The van der Waals surface area contributed by atoms with Crippen molar-refractivity contribution >= 4 is 37.5 Å². The standard InChI is InChI=1S/C19H20N2O6S2/c1-4-27-18(22)12-21-16-10-7-14(26-3)11-17(16)28-19(21)20-29(23,24)15-8-5-13(25-2)6-9-15/h5-11H,4,12H2,1-3H3. The molecule has 0 aliphatic heterocycles. The van der Waals surface area contributed by atoms with E-state index in [1.54, 1.807) is 44.4 Å². The summed E-state index contributed by atoms with van der Waals surface area (Å²) in [6.07, 6.45) is 0. The highest BCUT2D eigenvalue weighted by Crippen LogP contribution is 2.24. The predicted molar refractivity (Wildman–Crippen MR) is 109 cm³/mol. The van der Waals surface area contributed by atoms with Gasteiger partial charge in [0, 0.05) is 0 Å². The average molecular weight is 437 g/mol. The SMILES string of the molecule is CCOC(=O)Cn1c(=NS(=O)(=O)c2ccc(OC)cc2)sc2cc(OC)ccc21. The van der Waals surface area contributed by atoms with Gasteiger partial charge < -0.3 is 18.8 Å². The van der Waals surface area contributed by atoms with Gasteiger partial charge in [-0.2, -0.15) is 8.42 Å². The van der Waals surface area contributed by atoms with Gasteiger partial charge in [0.25, 0.3) is 10.0 Å². The molecule has 0 saturated carbocycles. The summed E-state index contributed by atoms with van der Waals surface area (Å²) in [5, 5.41) is 0. The van der Waals surface area contributed by atoms with Gasteiger partial charge in [-0.25, -0.2) is 0 Å². The van der Waals surface area contributed by atoms with Crippen LogP contribution in [0.25, 0.3) is 10.2 Å². The van der Waals surface area contributed by atoms with E-state index in [0.717, 1.165) is 16.0 Å². The van der Waals surface area contributed by atoms with E-state index in [2.05, 4.69) is 4.40 Å². The van der Waals surface area contributed by atoms with E-state index in [0.29, 0.717) is 17.0 Å². The largest absolute Gasteiger partial charge is 0.497 e. The summed E-state index contributed by atoms with van der Waals surface area (Å²) in [6.45, 7) is 1.78. The summed E-state index contributed by atoms with van der Waals surface area (Å²) in [6, 6.07) is 11.2. The molecule has 0 aliphatic rings. The van der Waals surface area contributed by atoms with E-state index in [1.807, 2.05) is 0 Å². The molecule has 0 radical (unpaired) electrons. The van der Waals surface area contributed by atoms with Crippen LogP contribution in [-0.2, 0) is 26.1 Å². The topological polar surface area (TPSA) is 96.2 Å². The Balaban J connectivity index is 2.15. The maximum Gasteiger partial charge on any atom is 0.326 e. The molecule has 0 unspecified atom stereocenters. The Labute approximate surface area is 172 Å². The summed E-state index contributed by atoms with van der Waals surface area (Å²) >= 11 is 1.15. The Morgan fingerprint density at radius 2 is 1.72 bits per heavy atom. The van der Waals surface area contributed by atoms with Gasteiger partial charge >= 0.3 is 5.97 Å². The maximum absolute atomic E-state index is 12.8. The monoisotopic (exact) mass is 436 g/mol. The molecule has 0 saturated heterocycles. The number of thiazole rings is 1. The van der Waals surface area contributed by atoms with E-state index in [1.165, 1.54) is 23.8 Å². The first kappa shape index (κ1) is 20.9. The molecule has 29 heavy (non-hydrogen) atoms. The number of carbonyl (C=O) groups is 1. The van der Waals surface area contributed by atoms with Gasteiger partial charge in [0.2, 0.25) is 4.80 Å². The van der Waals surface area contributed by atoms with Gasteiger partial charge in [0.15, 0.2) is 0 Å². The molecule has 0 N–H and O–H groups in total. The van der Waals surface area contributed by atoms with E-state index in [-0.39, 0.29) is 22.8 Å². The zero-order chi connectivity index (χ0) is 21.0. The number of esters is 1. The molecule has 0 atom stereocenters. The number of methoxy groups -OCH3 is 2. The minimum atomic E-state index is -4.00. The summed E-state index contributed by atoms with van der Waals surface area (Å²) in [4.78, 5) is 12.3. The lowest BCUT2D eigenvalue weighted by molar-refractivity contribution is -0.143. The summed E-state index contributed by atoms with van der Waals surface area (Å²) in [5.41, 5.74) is 0.660. The van der Waals surface area contributed by atoms with Crippen LogP contribution in [-0.4, -0.2) is 39.8 Å². The third-order valence-electron chi connectivity index (χ3n) is 4.04. The molecule has 10 heteroatoms. The zero-order valence-electron chi connectivity index (χ0n) is 16.1. The fraction of sp³-hybridized carbons (Fsp3) is 0.263.